The Hall–Kier alpha value is -0.840. The molecule has 1 aliphatic rings. The van der Waals surface area contributed by atoms with Crippen molar-refractivity contribution in [3.05, 3.63) is 62.0 Å². The Morgan fingerprint density at radius 3 is 2.65 bits per heavy atom. The van der Waals surface area contributed by atoms with Gasteiger partial charge >= 0.3 is 0 Å². The molecule has 0 radical (unpaired) electrons. The molecule has 1 unspecified atom stereocenters. The number of fused-ring (bicyclic) bond motifs is 1. The van der Waals surface area contributed by atoms with Gasteiger partial charge in [-0.15, -0.1) is 0 Å². The first-order chi connectivity index (χ1) is 9.54. The molecule has 1 heterocycles. The molecule has 2 aromatic carbocycles. The zero-order chi connectivity index (χ0) is 14.3. The Morgan fingerprint density at radius 1 is 1.10 bits per heavy atom. The number of halogens is 2. The quantitative estimate of drug-likeness (QED) is 0.727. The van der Waals surface area contributed by atoms with Crippen molar-refractivity contribution >= 4 is 31.9 Å². The Balaban J connectivity index is 1.94. The van der Waals surface area contributed by atoms with Crippen molar-refractivity contribution in [1.82, 2.24) is 0 Å². The fourth-order valence-corrected chi connectivity index (χ4v) is 3.13. The predicted octanol–water partition coefficient (Wildman–Crippen LogP) is 5.08. The lowest BCUT2D eigenvalue weighted by Gasteiger charge is -2.30. The molecule has 0 amide bonds. The molecule has 0 saturated heterocycles. The molecule has 2 atom stereocenters. The number of aliphatic hydroxyl groups excluding tert-OH is 1. The van der Waals surface area contributed by atoms with E-state index in [2.05, 4.69) is 31.9 Å². The van der Waals surface area contributed by atoms with E-state index in [0.29, 0.717) is 6.42 Å². The van der Waals surface area contributed by atoms with Crippen LogP contribution in [-0.2, 0) is 0 Å². The van der Waals surface area contributed by atoms with E-state index in [1.165, 1.54) is 0 Å². The highest BCUT2D eigenvalue weighted by molar-refractivity contribution is 9.13. The number of ether oxygens (including phenoxy) is 1. The standard InChI is InChI=1S/C16H14Br2O2/c1-9-2-5-15-11(6-9)14(19)8-16(20-15)10-3-4-12(17)13(18)7-10/h2-7,14,16,19H,8H2,1H3/t14-,16?/m0/s1. The first-order valence-electron chi connectivity index (χ1n) is 6.45. The molecule has 2 nitrogen and oxygen atoms in total. The van der Waals surface area contributed by atoms with E-state index >= 15 is 0 Å². The molecule has 4 heteroatoms. The van der Waals surface area contributed by atoms with Crippen LogP contribution in [0, 0.1) is 6.92 Å². The molecule has 0 spiro atoms. The second-order valence-corrected chi connectivity index (χ2v) is 6.78. The Labute approximate surface area is 135 Å². The summed E-state index contributed by atoms with van der Waals surface area (Å²) in [5.74, 6) is 0.776. The summed E-state index contributed by atoms with van der Waals surface area (Å²) < 4.78 is 8.04. The SMILES string of the molecule is Cc1ccc2c(c1)[C@@H](O)CC(c1ccc(Br)c(Br)c1)O2. The predicted molar refractivity (Wildman–Crippen MR) is 86.0 cm³/mol. The maximum Gasteiger partial charge on any atom is 0.127 e. The van der Waals surface area contributed by atoms with Crippen LogP contribution in [0.1, 0.15) is 35.3 Å². The number of aryl methyl sites for hydroxylation is 1. The van der Waals surface area contributed by atoms with Crippen molar-refractivity contribution < 1.29 is 9.84 Å². The van der Waals surface area contributed by atoms with E-state index in [-0.39, 0.29) is 6.10 Å². The first-order valence-corrected chi connectivity index (χ1v) is 8.03. The molecule has 0 aromatic heterocycles. The summed E-state index contributed by atoms with van der Waals surface area (Å²) >= 11 is 6.97. The molecule has 0 saturated carbocycles. The van der Waals surface area contributed by atoms with Gasteiger partial charge in [-0.3, -0.25) is 0 Å². The minimum Gasteiger partial charge on any atom is -0.485 e. The Morgan fingerprint density at radius 2 is 1.90 bits per heavy atom. The summed E-state index contributed by atoms with van der Waals surface area (Å²) in [5.41, 5.74) is 3.08. The zero-order valence-electron chi connectivity index (χ0n) is 10.9. The van der Waals surface area contributed by atoms with Gasteiger partial charge in [0.15, 0.2) is 0 Å². The van der Waals surface area contributed by atoms with Gasteiger partial charge in [0, 0.05) is 20.9 Å². The molecule has 1 N–H and O–H groups in total. The summed E-state index contributed by atoms with van der Waals surface area (Å²) in [6.07, 6.45) is -0.0273. The second kappa shape index (κ2) is 5.51. The van der Waals surface area contributed by atoms with Crippen LogP contribution >= 0.6 is 31.9 Å². The number of hydrogen-bond acceptors (Lipinski definition) is 2. The van der Waals surface area contributed by atoms with E-state index in [1.807, 2.05) is 43.3 Å². The van der Waals surface area contributed by atoms with Gasteiger partial charge in [-0.05, 0) is 68.6 Å². The van der Waals surface area contributed by atoms with Crippen molar-refractivity contribution in [2.24, 2.45) is 0 Å². The van der Waals surface area contributed by atoms with E-state index in [1.54, 1.807) is 0 Å². The van der Waals surface area contributed by atoms with Crippen molar-refractivity contribution in [1.29, 1.82) is 0 Å². The van der Waals surface area contributed by atoms with Crippen LogP contribution in [0.2, 0.25) is 0 Å². The normalized spacial score (nSPS) is 21.2. The maximum atomic E-state index is 10.3. The topological polar surface area (TPSA) is 29.5 Å². The first kappa shape index (κ1) is 14.1. The molecule has 20 heavy (non-hydrogen) atoms. The molecule has 0 bridgehead atoms. The van der Waals surface area contributed by atoms with Crippen molar-refractivity contribution in [2.45, 2.75) is 25.6 Å². The molecule has 0 aliphatic carbocycles. The molecule has 104 valence electrons. The molecular weight excluding hydrogens is 384 g/mol. The van der Waals surface area contributed by atoms with Gasteiger partial charge < -0.3 is 9.84 Å². The van der Waals surface area contributed by atoms with Crippen molar-refractivity contribution in [2.75, 3.05) is 0 Å². The van der Waals surface area contributed by atoms with Gasteiger partial charge in [0.1, 0.15) is 11.9 Å². The van der Waals surface area contributed by atoms with Gasteiger partial charge in [0.25, 0.3) is 0 Å². The van der Waals surface area contributed by atoms with Crippen LogP contribution in [0.25, 0.3) is 0 Å². The fourth-order valence-electron chi connectivity index (χ4n) is 2.48. The Kier molecular flexibility index (Phi) is 3.89. The second-order valence-electron chi connectivity index (χ2n) is 5.07. The van der Waals surface area contributed by atoms with E-state index in [0.717, 1.165) is 31.4 Å². The van der Waals surface area contributed by atoms with Crippen LogP contribution in [-0.4, -0.2) is 5.11 Å². The largest absolute Gasteiger partial charge is 0.485 e. The summed E-state index contributed by atoms with van der Waals surface area (Å²) in [7, 11) is 0. The summed E-state index contributed by atoms with van der Waals surface area (Å²) in [5, 5.41) is 10.3. The molecular formula is C16H14Br2O2. The molecule has 3 rings (SSSR count). The van der Waals surface area contributed by atoms with Gasteiger partial charge in [-0.1, -0.05) is 17.7 Å². The minimum absolute atomic E-state index is 0.121. The lowest BCUT2D eigenvalue weighted by atomic mass is 9.94. The average Bonchev–Trinajstić information content (AvgIpc) is 2.42. The number of rotatable bonds is 1. The van der Waals surface area contributed by atoms with Crippen molar-refractivity contribution in [3.63, 3.8) is 0 Å². The molecule has 2 aromatic rings. The lowest BCUT2D eigenvalue weighted by molar-refractivity contribution is 0.0656. The number of hydrogen-bond donors (Lipinski definition) is 1. The summed E-state index contributed by atoms with van der Waals surface area (Å²) in [4.78, 5) is 0. The van der Waals surface area contributed by atoms with Crippen LogP contribution in [0.3, 0.4) is 0 Å². The van der Waals surface area contributed by atoms with Gasteiger partial charge in [0.2, 0.25) is 0 Å². The summed E-state index contributed by atoms with van der Waals surface area (Å²) in [6, 6.07) is 12.0. The van der Waals surface area contributed by atoms with Crippen molar-refractivity contribution in [3.8, 4) is 5.75 Å². The third kappa shape index (κ3) is 2.65. The fraction of sp³-hybridized carbons (Fsp3) is 0.250. The highest BCUT2D eigenvalue weighted by Crippen LogP contribution is 2.41. The van der Waals surface area contributed by atoms with Crippen LogP contribution < -0.4 is 4.74 Å². The van der Waals surface area contributed by atoms with E-state index in [9.17, 15) is 5.11 Å². The summed E-state index contributed by atoms with van der Waals surface area (Å²) in [6.45, 7) is 2.02. The van der Waals surface area contributed by atoms with Gasteiger partial charge in [-0.25, -0.2) is 0 Å². The smallest absolute Gasteiger partial charge is 0.127 e. The Bertz CT molecular complexity index is 655. The highest BCUT2D eigenvalue weighted by atomic mass is 79.9. The third-order valence-electron chi connectivity index (χ3n) is 3.55. The van der Waals surface area contributed by atoms with Gasteiger partial charge in [-0.2, -0.15) is 0 Å². The highest BCUT2D eigenvalue weighted by Gasteiger charge is 2.28. The molecule has 1 aliphatic heterocycles. The number of aliphatic hydroxyl groups is 1. The van der Waals surface area contributed by atoms with Crippen LogP contribution in [0.5, 0.6) is 5.75 Å². The van der Waals surface area contributed by atoms with E-state index in [4.69, 9.17) is 4.74 Å². The lowest BCUT2D eigenvalue weighted by Crippen LogP contribution is -2.19. The zero-order valence-corrected chi connectivity index (χ0v) is 14.1. The van der Waals surface area contributed by atoms with Crippen LogP contribution in [0.15, 0.2) is 45.3 Å². The maximum absolute atomic E-state index is 10.3. The monoisotopic (exact) mass is 396 g/mol. The minimum atomic E-state index is -0.480. The van der Waals surface area contributed by atoms with Crippen LogP contribution in [0.4, 0.5) is 0 Å². The van der Waals surface area contributed by atoms with E-state index < -0.39 is 6.10 Å². The molecule has 0 fully saturated rings. The number of benzene rings is 2. The average molecular weight is 398 g/mol. The van der Waals surface area contributed by atoms with Gasteiger partial charge in [0.05, 0.1) is 6.10 Å². The third-order valence-corrected chi connectivity index (χ3v) is 5.43.